The van der Waals surface area contributed by atoms with E-state index < -0.39 is 27.1 Å². The Hall–Kier alpha value is -2.77. The molecule has 0 unspecified atom stereocenters. The fraction of sp³-hybridized carbons (Fsp3) is 0.350. The Morgan fingerprint density at radius 1 is 0.931 bits per heavy atom. The van der Waals surface area contributed by atoms with Crippen molar-refractivity contribution in [2.75, 3.05) is 0 Å². The number of hydrogen-bond donors (Lipinski definition) is 1. The SMILES string of the molecule is O=C(N[C@@H]1CCCCC[C@H]1[Se]c1ccccc1)c1cc([N+](=O)[O-])cc([N+](=O)[O-])c1. The van der Waals surface area contributed by atoms with Crippen LogP contribution >= 0.6 is 0 Å². The minimum absolute atomic E-state index is 0.0523. The maximum absolute atomic E-state index is 12.8. The van der Waals surface area contributed by atoms with Gasteiger partial charge in [0, 0.05) is 0 Å². The third kappa shape index (κ3) is 5.62. The molecule has 8 nitrogen and oxygen atoms in total. The third-order valence-electron chi connectivity index (χ3n) is 4.89. The van der Waals surface area contributed by atoms with E-state index in [4.69, 9.17) is 0 Å². The predicted octanol–water partition coefficient (Wildman–Crippen LogP) is 3.38. The van der Waals surface area contributed by atoms with Gasteiger partial charge >= 0.3 is 174 Å². The summed E-state index contributed by atoms with van der Waals surface area (Å²) in [5.74, 6) is -0.502. The van der Waals surface area contributed by atoms with Crippen molar-refractivity contribution < 1.29 is 14.6 Å². The van der Waals surface area contributed by atoms with Crippen molar-refractivity contribution in [1.29, 1.82) is 0 Å². The average molecular weight is 462 g/mol. The summed E-state index contributed by atoms with van der Waals surface area (Å²) in [5.41, 5.74) is -0.980. The fourth-order valence-corrected chi connectivity index (χ4v) is 6.21. The standard InChI is InChI=1S/C20H21N3O5Se/c24-20(14-11-15(22(25)26)13-16(12-14)23(27)28)21-18-9-5-2-6-10-19(18)29-17-7-3-1-4-8-17/h1,3-4,7-8,11-13,18-19H,2,5-6,9-10H2,(H,21,24)/t18-,19-/m1/s1. The van der Waals surface area contributed by atoms with E-state index in [2.05, 4.69) is 17.4 Å². The molecule has 3 rings (SSSR count). The number of carbonyl (C=O) groups excluding carboxylic acids is 1. The number of amides is 1. The van der Waals surface area contributed by atoms with E-state index in [0.717, 1.165) is 50.3 Å². The van der Waals surface area contributed by atoms with Crippen LogP contribution in [0.4, 0.5) is 11.4 Å². The molecule has 0 bridgehead atoms. The molecule has 152 valence electrons. The van der Waals surface area contributed by atoms with Gasteiger partial charge < -0.3 is 0 Å². The van der Waals surface area contributed by atoms with Crippen molar-refractivity contribution in [3.63, 3.8) is 0 Å². The van der Waals surface area contributed by atoms with E-state index in [1.54, 1.807) is 0 Å². The summed E-state index contributed by atoms with van der Waals surface area (Å²) in [7, 11) is 0. The van der Waals surface area contributed by atoms with Crippen molar-refractivity contribution in [3.8, 4) is 0 Å². The van der Waals surface area contributed by atoms with Crippen LogP contribution in [0.5, 0.6) is 0 Å². The van der Waals surface area contributed by atoms with Crippen molar-refractivity contribution >= 4 is 36.7 Å². The molecule has 1 aliphatic carbocycles. The Morgan fingerprint density at radius 3 is 2.17 bits per heavy atom. The number of nitro benzene ring substituents is 2. The van der Waals surface area contributed by atoms with E-state index in [0.29, 0.717) is 4.82 Å². The topological polar surface area (TPSA) is 115 Å². The van der Waals surface area contributed by atoms with Gasteiger partial charge in [-0.25, -0.2) is 0 Å². The summed E-state index contributed by atoms with van der Waals surface area (Å²) in [6, 6.07) is 13.2. The van der Waals surface area contributed by atoms with Crippen LogP contribution in [0, 0.1) is 20.2 Å². The van der Waals surface area contributed by atoms with Gasteiger partial charge in [-0.1, -0.05) is 0 Å². The zero-order chi connectivity index (χ0) is 20.8. The second kappa shape index (κ2) is 9.62. The van der Waals surface area contributed by atoms with Crippen LogP contribution in [-0.4, -0.2) is 36.8 Å². The fourth-order valence-electron chi connectivity index (χ4n) is 3.44. The zero-order valence-electron chi connectivity index (χ0n) is 15.7. The molecule has 1 amide bonds. The summed E-state index contributed by atoms with van der Waals surface area (Å²) in [6.45, 7) is 0. The number of nitrogens with one attached hydrogen (secondary N) is 1. The van der Waals surface area contributed by atoms with Crippen LogP contribution < -0.4 is 9.78 Å². The Bertz CT molecular complexity index is 874. The summed E-state index contributed by atoms with van der Waals surface area (Å²) in [5, 5.41) is 25.2. The number of nitrogens with zero attached hydrogens (tertiary/aromatic N) is 2. The second-order valence-corrected chi connectivity index (χ2v) is 9.69. The molecule has 0 saturated heterocycles. The van der Waals surface area contributed by atoms with Crippen LogP contribution in [0.1, 0.15) is 42.5 Å². The molecule has 1 N–H and O–H groups in total. The normalized spacial score (nSPS) is 19.2. The van der Waals surface area contributed by atoms with Gasteiger partial charge in [-0.2, -0.15) is 0 Å². The van der Waals surface area contributed by atoms with E-state index >= 15 is 0 Å². The van der Waals surface area contributed by atoms with E-state index in [-0.39, 0.29) is 26.6 Å². The van der Waals surface area contributed by atoms with Crippen molar-refractivity contribution in [2.24, 2.45) is 0 Å². The quantitative estimate of drug-likeness (QED) is 0.306. The van der Waals surface area contributed by atoms with Crippen LogP contribution in [-0.2, 0) is 0 Å². The summed E-state index contributed by atoms with van der Waals surface area (Å²) < 4.78 is 1.26. The number of nitro groups is 2. The van der Waals surface area contributed by atoms with Crippen LogP contribution in [0.15, 0.2) is 48.5 Å². The Kier molecular flexibility index (Phi) is 6.95. The maximum atomic E-state index is 12.8. The van der Waals surface area contributed by atoms with Crippen LogP contribution in [0.3, 0.4) is 0 Å². The Morgan fingerprint density at radius 2 is 1.55 bits per heavy atom. The van der Waals surface area contributed by atoms with Gasteiger partial charge in [-0.15, -0.1) is 0 Å². The molecule has 1 aliphatic rings. The number of non-ortho nitro benzene ring substituents is 2. The Balaban J connectivity index is 1.81. The molecule has 9 heteroatoms. The molecule has 2 atom stereocenters. The molecular formula is C20H21N3O5Se. The molecule has 29 heavy (non-hydrogen) atoms. The summed E-state index contributed by atoms with van der Waals surface area (Å²) in [4.78, 5) is 33.9. The van der Waals surface area contributed by atoms with Gasteiger partial charge in [0.15, 0.2) is 0 Å². The van der Waals surface area contributed by atoms with Crippen LogP contribution in [0.2, 0.25) is 4.82 Å². The number of benzene rings is 2. The van der Waals surface area contributed by atoms with Gasteiger partial charge in [0.1, 0.15) is 0 Å². The Labute approximate surface area is 174 Å². The van der Waals surface area contributed by atoms with Crippen molar-refractivity contribution in [2.45, 2.75) is 43.0 Å². The summed E-state index contributed by atoms with van der Waals surface area (Å²) in [6.07, 6.45) is 5.06. The summed E-state index contributed by atoms with van der Waals surface area (Å²) >= 11 is 0.179. The van der Waals surface area contributed by atoms with E-state index in [9.17, 15) is 25.0 Å². The van der Waals surface area contributed by atoms with Gasteiger partial charge in [-0.05, 0) is 0 Å². The van der Waals surface area contributed by atoms with Gasteiger partial charge in [0.05, 0.1) is 0 Å². The molecule has 0 aliphatic heterocycles. The van der Waals surface area contributed by atoms with Gasteiger partial charge in [0.25, 0.3) is 0 Å². The predicted molar refractivity (Wildman–Crippen MR) is 110 cm³/mol. The molecule has 0 aromatic heterocycles. The molecule has 2 aromatic rings. The monoisotopic (exact) mass is 463 g/mol. The third-order valence-corrected chi connectivity index (χ3v) is 7.85. The first-order chi connectivity index (χ1) is 13.9. The second-order valence-electron chi connectivity index (χ2n) is 6.94. The molecule has 0 radical (unpaired) electrons. The molecule has 0 heterocycles. The zero-order valence-corrected chi connectivity index (χ0v) is 17.4. The number of carbonyl (C=O) groups is 1. The van der Waals surface area contributed by atoms with Crippen LogP contribution in [0.25, 0.3) is 0 Å². The average Bonchev–Trinajstić information content (AvgIpc) is 2.93. The minimum atomic E-state index is -0.725. The first-order valence-corrected chi connectivity index (χ1v) is 11.2. The first kappa shape index (κ1) is 21.0. The molecule has 2 aromatic carbocycles. The van der Waals surface area contributed by atoms with E-state index in [1.165, 1.54) is 4.46 Å². The first-order valence-electron chi connectivity index (χ1n) is 9.40. The van der Waals surface area contributed by atoms with Gasteiger partial charge in [0.2, 0.25) is 0 Å². The van der Waals surface area contributed by atoms with Crippen molar-refractivity contribution in [3.05, 3.63) is 74.3 Å². The molecule has 1 saturated carbocycles. The molecule has 0 spiro atoms. The van der Waals surface area contributed by atoms with E-state index in [1.807, 2.05) is 18.2 Å². The van der Waals surface area contributed by atoms with Gasteiger partial charge in [-0.3, -0.25) is 0 Å². The molecular weight excluding hydrogens is 441 g/mol. The molecule has 1 fully saturated rings. The van der Waals surface area contributed by atoms with Crippen molar-refractivity contribution in [1.82, 2.24) is 5.32 Å². The number of rotatable bonds is 6. The number of hydrogen-bond acceptors (Lipinski definition) is 5.